The summed E-state index contributed by atoms with van der Waals surface area (Å²) in [5.41, 5.74) is 1.58. The van der Waals surface area contributed by atoms with Crippen molar-refractivity contribution >= 4 is 29.2 Å². The largest absolute Gasteiger partial charge is 0.452 e. The summed E-state index contributed by atoms with van der Waals surface area (Å²) >= 11 is 1.56. The molecule has 8 heteroatoms. The maximum atomic E-state index is 12.1. The summed E-state index contributed by atoms with van der Waals surface area (Å²) in [6, 6.07) is -0.644. The predicted molar refractivity (Wildman–Crippen MR) is 89.2 cm³/mol. The van der Waals surface area contributed by atoms with Crippen molar-refractivity contribution in [3.05, 3.63) is 21.4 Å². The van der Waals surface area contributed by atoms with Gasteiger partial charge in [0.1, 0.15) is 0 Å². The summed E-state index contributed by atoms with van der Waals surface area (Å²) in [5.74, 6) is -0.560. The summed E-state index contributed by atoms with van der Waals surface area (Å²) in [6.07, 6.45) is 2.89. The summed E-state index contributed by atoms with van der Waals surface area (Å²) in [6.45, 7) is 2.34. The van der Waals surface area contributed by atoms with Crippen molar-refractivity contribution in [2.45, 2.75) is 26.2 Å². The van der Waals surface area contributed by atoms with E-state index < -0.39 is 24.5 Å². The van der Waals surface area contributed by atoms with Gasteiger partial charge >= 0.3 is 12.0 Å². The van der Waals surface area contributed by atoms with Crippen LogP contribution in [-0.4, -0.2) is 44.8 Å². The normalized spacial score (nSPS) is 16.2. The number of esters is 1. The van der Waals surface area contributed by atoms with E-state index in [1.165, 1.54) is 12.0 Å². The molecule has 0 saturated heterocycles. The Morgan fingerprint density at radius 3 is 2.92 bits per heavy atom. The number of thiophene rings is 1. The zero-order valence-corrected chi connectivity index (χ0v) is 14.7. The topological polar surface area (TPSA) is 93.7 Å². The van der Waals surface area contributed by atoms with Crippen molar-refractivity contribution in [3.63, 3.8) is 0 Å². The molecule has 132 valence electrons. The Hall–Kier alpha value is -1.93. The first-order valence-electron chi connectivity index (χ1n) is 7.84. The fourth-order valence-electron chi connectivity index (χ4n) is 2.53. The van der Waals surface area contributed by atoms with Crippen LogP contribution in [0.5, 0.6) is 0 Å². The van der Waals surface area contributed by atoms with Gasteiger partial charge in [-0.25, -0.2) is 9.59 Å². The van der Waals surface area contributed by atoms with Crippen LogP contribution in [0.4, 0.5) is 4.79 Å². The van der Waals surface area contributed by atoms with Gasteiger partial charge in [0.25, 0.3) is 5.91 Å². The minimum absolute atomic E-state index is 0.287. The number of rotatable bonds is 6. The summed E-state index contributed by atoms with van der Waals surface area (Å²) in [4.78, 5) is 36.4. The lowest BCUT2D eigenvalue weighted by atomic mass is 9.88. The molecule has 7 nitrogen and oxygen atoms in total. The molecule has 1 unspecified atom stereocenters. The maximum Gasteiger partial charge on any atom is 0.339 e. The zero-order chi connectivity index (χ0) is 17.5. The molecule has 0 fully saturated rings. The van der Waals surface area contributed by atoms with Crippen LogP contribution < -0.4 is 10.6 Å². The van der Waals surface area contributed by atoms with Gasteiger partial charge in [-0.05, 0) is 30.7 Å². The molecule has 1 aliphatic carbocycles. The predicted octanol–water partition coefficient (Wildman–Crippen LogP) is 1.50. The van der Waals surface area contributed by atoms with Crippen LogP contribution in [0.15, 0.2) is 5.38 Å². The molecule has 0 saturated carbocycles. The molecule has 1 aromatic rings. The Bertz CT molecular complexity index is 614. The smallest absolute Gasteiger partial charge is 0.339 e. The maximum absolute atomic E-state index is 12.1. The van der Waals surface area contributed by atoms with Crippen molar-refractivity contribution < 1.29 is 23.9 Å². The number of carbonyl (C=O) groups excluding carboxylic acids is 3. The highest BCUT2D eigenvalue weighted by Crippen LogP contribution is 2.33. The van der Waals surface area contributed by atoms with Crippen LogP contribution in [0.25, 0.3) is 0 Å². The lowest BCUT2D eigenvalue weighted by Gasteiger charge is -2.18. The van der Waals surface area contributed by atoms with Gasteiger partial charge in [-0.3, -0.25) is 10.1 Å². The lowest BCUT2D eigenvalue weighted by molar-refractivity contribution is -0.123. The van der Waals surface area contributed by atoms with Gasteiger partial charge in [0.15, 0.2) is 6.61 Å². The van der Waals surface area contributed by atoms with Crippen LogP contribution in [-0.2, 0) is 27.1 Å². The Labute approximate surface area is 144 Å². The van der Waals surface area contributed by atoms with Gasteiger partial charge in [0.05, 0.1) is 12.2 Å². The van der Waals surface area contributed by atoms with E-state index in [0.717, 1.165) is 24.8 Å². The van der Waals surface area contributed by atoms with Crippen molar-refractivity contribution in [2.75, 3.05) is 26.9 Å². The van der Waals surface area contributed by atoms with Crippen molar-refractivity contribution in [3.8, 4) is 0 Å². The van der Waals surface area contributed by atoms with Gasteiger partial charge in [-0.15, -0.1) is 11.3 Å². The highest BCUT2D eigenvalue weighted by atomic mass is 32.1. The molecule has 0 spiro atoms. The Kier molecular flexibility index (Phi) is 6.74. The van der Waals surface area contributed by atoms with E-state index in [9.17, 15) is 14.4 Å². The van der Waals surface area contributed by atoms with Crippen LogP contribution in [0.3, 0.4) is 0 Å². The van der Waals surface area contributed by atoms with E-state index in [1.54, 1.807) is 16.7 Å². The molecular weight excluding hydrogens is 332 g/mol. The second-order valence-electron chi connectivity index (χ2n) is 5.77. The number of carbonyl (C=O) groups is 3. The van der Waals surface area contributed by atoms with Gasteiger partial charge in [-0.1, -0.05) is 6.92 Å². The number of hydrogen-bond acceptors (Lipinski definition) is 6. The average Bonchev–Trinajstić information content (AvgIpc) is 2.95. The van der Waals surface area contributed by atoms with E-state index in [0.29, 0.717) is 18.1 Å². The highest BCUT2D eigenvalue weighted by molar-refractivity contribution is 7.10. The molecule has 24 heavy (non-hydrogen) atoms. The standard InChI is InChI=1S/C16H22N2O5S/c1-10-3-4-11-12(9-24-13(11)7-10)15(20)23-8-14(19)18-16(21)17-5-6-22-2/h9-10H,3-8H2,1-2H3,(H2,17,18,19,21). The first kappa shape index (κ1) is 18.4. The fraction of sp³-hybridized carbons (Fsp3) is 0.562. The van der Waals surface area contributed by atoms with Crippen molar-refractivity contribution in [1.29, 1.82) is 0 Å². The summed E-state index contributed by atoms with van der Waals surface area (Å²) in [7, 11) is 1.51. The van der Waals surface area contributed by atoms with Crippen LogP contribution in [0.1, 0.15) is 34.1 Å². The number of imide groups is 1. The van der Waals surface area contributed by atoms with E-state index in [1.807, 2.05) is 0 Å². The SMILES string of the molecule is COCCNC(=O)NC(=O)COC(=O)c1csc2c1CCC(C)C2. The molecule has 1 heterocycles. The van der Waals surface area contributed by atoms with Crippen LogP contribution in [0.2, 0.25) is 0 Å². The summed E-state index contributed by atoms with van der Waals surface area (Å²) < 4.78 is 9.79. The van der Waals surface area contributed by atoms with Crippen LogP contribution in [0, 0.1) is 5.92 Å². The molecule has 1 atom stereocenters. The molecule has 0 bridgehead atoms. The van der Waals surface area contributed by atoms with Gasteiger partial charge < -0.3 is 14.8 Å². The fourth-order valence-corrected chi connectivity index (χ4v) is 3.76. The van der Waals surface area contributed by atoms with Gasteiger partial charge in [0.2, 0.25) is 0 Å². The van der Waals surface area contributed by atoms with Crippen LogP contribution >= 0.6 is 11.3 Å². The van der Waals surface area contributed by atoms with E-state index in [2.05, 4.69) is 17.6 Å². The molecule has 0 aromatic carbocycles. The molecule has 2 N–H and O–H groups in total. The number of urea groups is 1. The highest BCUT2D eigenvalue weighted by Gasteiger charge is 2.24. The number of hydrogen-bond donors (Lipinski definition) is 2. The molecule has 1 aliphatic rings. The first-order chi connectivity index (χ1) is 11.5. The third kappa shape index (κ3) is 5.04. The van der Waals surface area contributed by atoms with E-state index in [4.69, 9.17) is 9.47 Å². The quantitative estimate of drug-likeness (QED) is 0.596. The minimum Gasteiger partial charge on any atom is -0.452 e. The second-order valence-corrected chi connectivity index (χ2v) is 6.74. The zero-order valence-electron chi connectivity index (χ0n) is 13.8. The molecule has 0 aliphatic heterocycles. The molecule has 2 rings (SSSR count). The van der Waals surface area contributed by atoms with Crippen molar-refractivity contribution in [1.82, 2.24) is 10.6 Å². The number of fused-ring (bicyclic) bond motifs is 1. The minimum atomic E-state index is -0.670. The molecular formula is C16H22N2O5S. The lowest BCUT2D eigenvalue weighted by Crippen LogP contribution is -2.42. The molecule has 3 amide bonds. The van der Waals surface area contributed by atoms with Gasteiger partial charge in [0, 0.05) is 23.9 Å². The third-order valence-electron chi connectivity index (χ3n) is 3.80. The Morgan fingerprint density at radius 1 is 1.38 bits per heavy atom. The Morgan fingerprint density at radius 2 is 2.17 bits per heavy atom. The van der Waals surface area contributed by atoms with Crippen molar-refractivity contribution in [2.24, 2.45) is 5.92 Å². The number of ether oxygens (including phenoxy) is 2. The van der Waals surface area contributed by atoms with E-state index >= 15 is 0 Å². The average molecular weight is 354 g/mol. The monoisotopic (exact) mass is 354 g/mol. The molecule has 1 aromatic heterocycles. The summed E-state index contributed by atoms with van der Waals surface area (Å²) in [5, 5.41) is 6.32. The third-order valence-corrected chi connectivity index (χ3v) is 4.85. The number of amides is 3. The molecule has 0 radical (unpaired) electrons. The number of nitrogens with one attached hydrogen (secondary N) is 2. The van der Waals surface area contributed by atoms with E-state index in [-0.39, 0.29) is 6.54 Å². The van der Waals surface area contributed by atoms with Gasteiger partial charge in [-0.2, -0.15) is 0 Å². The number of methoxy groups -OCH3 is 1. The first-order valence-corrected chi connectivity index (χ1v) is 8.72. The Balaban J connectivity index is 1.79. The second kappa shape index (κ2) is 8.79.